The molecule has 0 fully saturated rings. The molecule has 2 N–H and O–H groups in total. The molecule has 0 aliphatic carbocycles. The van der Waals surface area contributed by atoms with Crippen molar-refractivity contribution in [1.82, 2.24) is 10.6 Å². The van der Waals surface area contributed by atoms with Crippen molar-refractivity contribution in [2.24, 2.45) is 4.99 Å². The highest BCUT2D eigenvalue weighted by atomic mass is 127. The Hall–Kier alpha value is -1.48. The molecule has 0 aliphatic heterocycles. The Morgan fingerprint density at radius 3 is 2.48 bits per heavy atom. The molecule has 0 saturated carbocycles. The molecule has 0 heterocycles. The number of guanidine groups is 1. The molecular formula is C18H23FIN3OS. The minimum Gasteiger partial charge on any atom is -0.355 e. The summed E-state index contributed by atoms with van der Waals surface area (Å²) in [4.78, 5) is 4.11. The van der Waals surface area contributed by atoms with Crippen LogP contribution in [0, 0.1) is 5.82 Å². The Kier molecular flexibility index (Phi) is 10.3. The molecule has 4 nitrogen and oxygen atoms in total. The van der Waals surface area contributed by atoms with E-state index in [4.69, 9.17) is 0 Å². The Bertz CT molecular complexity index is 698. The summed E-state index contributed by atoms with van der Waals surface area (Å²) in [7, 11) is 0.741. The highest BCUT2D eigenvalue weighted by Gasteiger charge is 2.03. The van der Waals surface area contributed by atoms with Crippen LogP contribution in [0.5, 0.6) is 0 Å². The van der Waals surface area contributed by atoms with Crippen molar-refractivity contribution in [2.45, 2.75) is 12.3 Å². The van der Waals surface area contributed by atoms with Gasteiger partial charge in [0.2, 0.25) is 0 Å². The van der Waals surface area contributed by atoms with Crippen LogP contribution in [0.15, 0.2) is 59.6 Å². The van der Waals surface area contributed by atoms with E-state index >= 15 is 0 Å². The molecule has 0 aliphatic rings. The Balaban J connectivity index is 0.00000312. The normalized spacial score (nSPS) is 12.2. The monoisotopic (exact) mass is 475 g/mol. The number of benzene rings is 2. The van der Waals surface area contributed by atoms with Crippen molar-refractivity contribution in [1.29, 1.82) is 0 Å². The maximum atomic E-state index is 13.1. The topological polar surface area (TPSA) is 53.5 Å². The molecule has 2 rings (SSSR count). The van der Waals surface area contributed by atoms with Gasteiger partial charge in [0, 0.05) is 42.4 Å². The number of nitrogens with zero attached hydrogens (tertiary/aromatic N) is 1. The molecular weight excluding hydrogens is 452 g/mol. The highest BCUT2D eigenvalue weighted by molar-refractivity contribution is 14.0. The van der Waals surface area contributed by atoms with Gasteiger partial charge in [0.25, 0.3) is 0 Å². The van der Waals surface area contributed by atoms with Gasteiger partial charge in [-0.25, -0.2) is 4.39 Å². The number of rotatable bonds is 7. The zero-order valence-electron chi connectivity index (χ0n) is 14.1. The van der Waals surface area contributed by atoms with Crippen LogP contribution in [-0.4, -0.2) is 29.5 Å². The fourth-order valence-electron chi connectivity index (χ4n) is 2.17. The van der Waals surface area contributed by atoms with Gasteiger partial charge in [-0.15, -0.1) is 24.0 Å². The lowest BCUT2D eigenvalue weighted by Gasteiger charge is -2.12. The van der Waals surface area contributed by atoms with E-state index in [2.05, 4.69) is 15.6 Å². The lowest BCUT2D eigenvalue weighted by Crippen LogP contribution is -2.38. The largest absolute Gasteiger partial charge is 0.355 e. The van der Waals surface area contributed by atoms with E-state index in [1.165, 1.54) is 12.1 Å². The molecule has 1 unspecified atom stereocenters. The molecule has 0 spiro atoms. The fraction of sp³-hybridized carbons (Fsp3) is 0.278. The zero-order chi connectivity index (χ0) is 17.2. The van der Waals surface area contributed by atoms with Gasteiger partial charge in [0.15, 0.2) is 5.96 Å². The van der Waals surface area contributed by atoms with Crippen LogP contribution in [-0.2, 0) is 23.1 Å². The standard InChI is InChI=1S/C18H22FN3OS.HI/c1-20-18(22-13-16-8-5-9-17(19)12-16)21-10-11-24(23)14-15-6-3-2-4-7-15;/h2-9,12H,10-11,13-14H2,1H3,(H2,20,21,22);1H. The second-order valence-corrected chi connectivity index (χ2v) is 6.83. The number of hydrogen-bond acceptors (Lipinski definition) is 2. The summed E-state index contributed by atoms with van der Waals surface area (Å²) in [5, 5.41) is 6.23. The Labute approximate surface area is 167 Å². The third-order valence-corrected chi connectivity index (χ3v) is 4.68. The van der Waals surface area contributed by atoms with E-state index in [1.807, 2.05) is 36.4 Å². The summed E-state index contributed by atoms with van der Waals surface area (Å²) < 4.78 is 25.2. The molecule has 136 valence electrons. The first-order chi connectivity index (χ1) is 11.7. The summed E-state index contributed by atoms with van der Waals surface area (Å²) in [6.07, 6.45) is 0. The first kappa shape index (κ1) is 21.6. The lowest BCUT2D eigenvalue weighted by molar-refractivity contribution is 0.624. The molecule has 25 heavy (non-hydrogen) atoms. The second kappa shape index (κ2) is 12.0. The molecule has 7 heteroatoms. The predicted molar refractivity (Wildman–Crippen MR) is 113 cm³/mol. The van der Waals surface area contributed by atoms with Crippen LogP contribution in [0.1, 0.15) is 11.1 Å². The van der Waals surface area contributed by atoms with Crippen molar-refractivity contribution < 1.29 is 8.60 Å². The average Bonchev–Trinajstić information content (AvgIpc) is 2.59. The average molecular weight is 475 g/mol. The van der Waals surface area contributed by atoms with Gasteiger partial charge in [-0.2, -0.15) is 0 Å². The molecule has 2 aromatic rings. The van der Waals surface area contributed by atoms with Gasteiger partial charge in [-0.3, -0.25) is 9.20 Å². The number of halogens is 2. The van der Waals surface area contributed by atoms with E-state index in [9.17, 15) is 8.60 Å². The maximum Gasteiger partial charge on any atom is 0.191 e. The fourth-order valence-corrected chi connectivity index (χ4v) is 3.21. The summed E-state index contributed by atoms with van der Waals surface area (Å²) in [6, 6.07) is 16.2. The molecule has 0 bridgehead atoms. The molecule has 2 aromatic carbocycles. The van der Waals surface area contributed by atoms with Crippen molar-refractivity contribution in [3.8, 4) is 0 Å². The SMILES string of the molecule is CN=C(NCCS(=O)Cc1ccccc1)NCc1cccc(F)c1.I. The van der Waals surface area contributed by atoms with E-state index < -0.39 is 10.8 Å². The summed E-state index contributed by atoms with van der Waals surface area (Å²) in [6.45, 7) is 1.03. The van der Waals surface area contributed by atoms with Crippen LogP contribution in [0.3, 0.4) is 0 Å². The second-order valence-electron chi connectivity index (χ2n) is 5.26. The van der Waals surface area contributed by atoms with Crippen LogP contribution in [0.4, 0.5) is 4.39 Å². The van der Waals surface area contributed by atoms with Crippen molar-refractivity contribution in [3.05, 3.63) is 71.5 Å². The van der Waals surface area contributed by atoms with Gasteiger partial charge >= 0.3 is 0 Å². The molecule has 1 atom stereocenters. The van der Waals surface area contributed by atoms with Crippen molar-refractivity contribution in [3.63, 3.8) is 0 Å². The van der Waals surface area contributed by atoms with E-state index in [0.717, 1.165) is 11.1 Å². The van der Waals surface area contributed by atoms with E-state index in [0.29, 0.717) is 30.6 Å². The minimum absolute atomic E-state index is 0. The van der Waals surface area contributed by atoms with Gasteiger partial charge in [0.1, 0.15) is 5.82 Å². The molecule has 0 aromatic heterocycles. The third-order valence-electron chi connectivity index (χ3n) is 3.37. The predicted octanol–water partition coefficient (Wildman–Crippen LogP) is 3.06. The van der Waals surface area contributed by atoms with Crippen LogP contribution < -0.4 is 10.6 Å². The van der Waals surface area contributed by atoms with Crippen LogP contribution in [0.2, 0.25) is 0 Å². The molecule has 0 amide bonds. The number of hydrogen-bond donors (Lipinski definition) is 2. The van der Waals surface area contributed by atoms with Gasteiger partial charge in [-0.1, -0.05) is 42.5 Å². The minimum atomic E-state index is -0.927. The van der Waals surface area contributed by atoms with Crippen molar-refractivity contribution in [2.75, 3.05) is 19.3 Å². The van der Waals surface area contributed by atoms with Gasteiger partial charge in [-0.05, 0) is 23.3 Å². The summed E-state index contributed by atoms with van der Waals surface area (Å²) in [5.74, 6) is 1.44. The quantitative estimate of drug-likeness (QED) is 0.368. The highest BCUT2D eigenvalue weighted by Crippen LogP contribution is 2.03. The number of aliphatic imine (C=N–C) groups is 1. The molecule has 0 radical (unpaired) electrons. The van der Waals surface area contributed by atoms with Crippen LogP contribution in [0.25, 0.3) is 0 Å². The Morgan fingerprint density at radius 2 is 1.80 bits per heavy atom. The van der Waals surface area contributed by atoms with Crippen LogP contribution >= 0.6 is 24.0 Å². The van der Waals surface area contributed by atoms with Gasteiger partial charge in [0.05, 0.1) is 0 Å². The molecule has 0 saturated heterocycles. The number of nitrogens with one attached hydrogen (secondary N) is 2. The van der Waals surface area contributed by atoms with Gasteiger partial charge < -0.3 is 10.6 Å². The lowest BCUT2D eigenvalue weighted by atomic mass is 10.2. The first-order valence-corrected chi connectivity index (χ1v) is 9.24. The third kappa shape index (κ3) is 8.44. The van der Waals surface area contributed by atoms with E-state index in [-0.39, 0.29) is 29.8 Å². The van der Waals surface area contributed by atoms with Crippen molar-refractivity contribution >= 4 is 40.7 Å². The summed E-state index contributed by atoms with van der Waals surface area (Å²) >= 11 is 0. The zero-order valence-corrected chi connectivity index (χ0v) is 17.2. The maximum absolute atomic E-state index is 13.1. The first-order valence-electron chi connectivity index (χ1n) is 7.75. The Morgan fingerprint density at radius 1 is 1.08 bits per heavy atom. The summed E-state index contributed by atoms with van der Waals surface area (Å²) in [5.41, 5.74) is 1.91. The smallest absolute Gasteiger partial charge is 0.191 e. The van der Waals surface area contributed by atoms with E-state index in [1.54, 1.807) is 13.1 Å².